The first-order valence-electron chi connectivity index (χ1n) is 9.79. The average molecular weight is 457 g/mol. The number of aromatic amines is 1. The number of carbonyl (C=O) groups is 1. The molecule has 0 saturated carbocycles. The molecule has 1 aliphatic heterocycles. The zero-order valence-corrected chi connectivity index (χ0v) is 16.8. The summed E-state index contributed by atoms with van der Waals surface area (Å²) < 4.78 is 52.6. The third kappa shape index (κ3) is 3.75. The topological polar surface area (TPSA) is 95.0 Å². The second-order valence-corrected chi connectivity index (χ2v) is 7.79. The second kappa shape index (κ2) is 7.26. The van der Waals surface area contributed by atoms with Gasteiger partial charge in [0.1, 0.15) is 5.82 Å². The van der Waals surface area contributed by atoms with Crippen molar-refractivity contribution in [2.24, 2.45) is 0 Å². The summed E-state index contributed by atoms with van der Waals surface area (Å²) in [6, 6.07) is 10.5. The first-order chi connectivity index (χ1) is 15.6. The first-order valence-corrected chi connectivity index (χ1v) is 9.79. The van der Waals surface area contributed by atoms with E-state index in [1.165, 1.54) is 11.0 Å². The molecule has 0 unspecified atom stereocenters. The molecule has 1 saturated heterocycles. The van der Waals surface area contributed by atoms with E-state index in [9.17, 15) is 22.4 Å². The maximum Gasteiger partial charge on any atom is 0.416 e. The standard InChI is InChI=1S/C22H15F4N5O2/c23-21(19(32)33)10-31(11-21)20-27-8-14(9-28-20)12-1-3-13(4-2-12)18-29-16-6-5-15(22(24,25)26)7-17(16)30-18/h1-9H,10-11H2,(H,29,30)(H,32,33). The molecule has 0 spiro atoms. The number of alkyl halides is 4. The Hall–Kier alpha value is -4.02. The van der Waals surface area contributed by atoms with Crippen LogP contribution in [0, 0.1) is 0 Å². The van der Waals surface area contributed by atoms with E-state index in [4.69, 9.17) is 5.11 Å². The zero-order valence-electron chi connectivity index (χ0n) is 16.8. The van der Waals surface area contributed by atoms with E-state index in [-0.39, 0.29) is 19.0 Å². The minimum absolute atomic E-state index is 0.241. The number of carboxylic acids is 1. The minimum atomic E-state index is -4.43. The number of aromatic nitrogens is 4. The molecule has 3 heterocycles. The monoisotopic (exact) mass is 457 g/mol. The van der Waals surface area contributed by atoms with Crippen LogP contribution in [0.2, 0.25) is 0 Å². The highest BCUT2D eigenvalue weighted by Gasteiger charge is 2.51. The fraction of sp³-hybridized carbons (Fsp3) is 0.182. The van der Waals surface area contributed by atoms with Gasteiger partial charge in [0.25, 0.3) is 0 Å². The normalized spacial score (nSPS) is 15.5. The van der Waals surface area contributed by atoms with Crippen LogP contribution in [-0.4, -0.2) is 49.8 Å². The number of carboxylic acid groups (broad SMARTS) is 1. The Morgan fingerprint density at radius 3 is 2.24 bits per heavy atom. The summed E-state index contributed by atoms with van der Waals surface area (Å²) in [5.41, 5.74) is -0.138. The summed E-state index contributed by atoms with van der Waals surface area (Å²) in [4.78, 5) is 27.9. The van der Waals surface area contributed by atoms with Gasteiger partial charge in [-0.05, 0) is 23.8 Å². The van der Waals surface area contributed by atoms with Gasteiger partial charge in [0.15, 0.2) is 0 Å². The Morgan fingerprint density at radius 2 is 1.64 bits per heavy atom. The Morgan fingerprint density at radius 1 is 1.00 bits per heavy atom. The third-order valence-corrected chi connectivity index (χ3v) is 5.49. The number of nitrogens with zero attached hydrogens (tertiary/aromatic N) is 4. The van der Waals surface area contributed by atoms with Crippen molar-refractivity contribution in [3.63, 3.8) is 0 Å². The number of benzene rings is 2. The highest BCUT2D eigenvalue weighted by Crippen LogP contribution is 2.32. The van der Waals surface area contributed by atoms with Gasteiger partial charge < -0.3 is 15.0 Å². The van der Waals surface area contributed by atoms with Crippen molar-refractivity contribution in [1.29, 1.82) is 0 Å². The lowest BCUT2D eigenvalue weighted by molar-refractivity contribution is -0.152. The third-order valence-electron chi connectivity index (χ3n) is 5.49. The Labute approximate surface area is 183 Å². The molecular formula is C22H15F4N5O2. The molecular weight excluding hydrogens is 442 g/mol. The average Bonchev–Trinajstić information content (AvgIpc) is 3.20. The molecule has 0 amide bonds. The van der Waals surface area contributed by atoms with Crippen molar-refractivity contribution in [2.45, 2.75) is 11.8 Å². The first kappa shape index (κ1) is 20.9. The van der Waals surface area contributed by atoms with Gasteiger partial charge in [-0.15, -0.1) is 0 Å². The van der Waals surface area contributed by atoms with Gasteiger partial charge in [-0.2, -0.15) is 13.2 Å². The Bertz CT molecular complexity index is 1340. The number of nitrogens with one attached hydrogen (secondary N) is 1. The minimum Gasteiger partial charge on any atom is -0.479 e. The number of halogens is 4. The fourth-order valence-electron chi connectivity index (χ4n) is 3.61. The molecule has 5 rings (SSSR count). The zero-order chi connectivity index (χ0) is 23.4. The molecule has 4 aromatic rings. The lowest BCUT2D eigenvalue weighted by Crippen LogP contribution is -2.64. The summed E-state index contributed by atoms with van der Waals surface area (Å²) >= 11 is 0. The predicted octanol–water partition coefficient (Wildman–Crippen LogP) is 4.32. The van der Waals surface area contributed by atoms with Crippen LogP contribution in [0.3, 0.4) is 0 Å². The van der Waals surface area contributed by atoms with Crippen molar-refractivity contribution >= 4 is 23.0 Å². The van der Waals surface area contributed by atoms with Gasteiger partial charge in [-0.1, -0.05) is 24.3 Å². The van der Waals surface area contributed by atoms with Gasteiger partial charge in [0.05, 0.1) is 29.7 Å². The van der Waals surface area contributed by atoms with E-state index in [0.717, 1.165) is 17.7 Å². The second-order valence-electron chi connectivity index (χ2n) is 7.79. The molecule has 2 aromatic heterocycles. The molecule has 1 aliphatic rings. The summed E-state index contributed by atoms with van der Waals surface area (Å²) in [6.07, 6.45) is -1.33. The number of aliphatic carboxylic acids is 1. The smallest absolute Gasteiger partial charge is 0.416 e. The molecule has 7 nitrogen and oxygen atoms in total. The van der Waals surface area contributed by atoms with E-state index in [0.29, 0.717) is 28.0 Å². The highest BCUT2D eigenvalue weighted by atomic mass is 19.4. The SMILES string of the molecule is O=C(O)C1(F)CN(c2ncc(-c3ccc(-c4nc5ccc(C(F)(F)F)cc5[nH]4)cc3)cn2)C1. The molecule has 0 atom stereocenters. The van der Waals surface area contributed by atoms with E-state index in [1.54, 1.807) is 36.7 Å². The van der Waals surface area contributed by atoms with Crippen LogP contribution in [0.5, 0.6) is 0 Å². The number of rotatable bonds is 4. The van der Waals surface area contributed by atoms with Gasteiger partial charge in [-0.3, -0.25) is 0 Å². The summed E-state index contributed by atoms with van der Waals surface area (Å²) in [7, 11) is 0. The van der Waals surface area contributed by atoms with Crippen LogP contribution in [0.15, 0.2) is 54.9 Å². The van der Waals surface area contributed by atoms with Crippen molar-refractivity contribution < 1.29 is 27.5 Å². The maximum absolute atomic E-state index is 13.9. The maximum atomic E-state index is 13.9. The number of fused-ring (bicyclic) bond motifs is 1. The largest absolute Gasteiger partial charge is 0.479 e. The molecule has 33 heavy (non-hydrogen) atoms. The summed E-state index contributed by atoms with van der Waals surface area (Å²) in [5, 5.41) is 8.85. The van der Waals surface area contributed by atoms with E-state index < -0.39 is 23.4 Å². The van der Waals surface area contributed by atoms with Gasteiger partial charge in [0.2, 0.25) is 11.6 Å². The quantitative estimate of drug-likeness (QED) is 0.444. The molecule has 0 aliphatic carbocycles. The van der Waals surface area contributed by atoms with Crippen LogP contribution in [0.1, 0.15) is 5.56 Å². The number of hydrogen-bond donors (Lipinski definition) is 2. The summed E-state index contributed by atoms with van der Waals surface area (Å²) in [6.45, 7) is -0.614. The lowest BCUT2D eigenvalue weighted by Gasteiger charge is -2.41. The molecule has 0 bridgehead atoms. The molecule has 2 N–H and O–H groups in total. The highest BCUT2D eigenvalue weighted by molar-refractivity contribution is 5.82. The van der Waals surface area contributed by atoms with Crippen LogP contribution in [-0.2, 0) is 11.0 Å². The fourth-order valence-corrected chi connectivity index (χ4v) is 3.61. The molecule has 2 aromatic carbocycles. The summed E-state index contributed by atoms with van der Waals surface area (Å²) in [5.74, 6) is -0.820. The van der Waals surface area contributed by atoms with E-state index in [2.05, 4.69) is 19.9 Å². The molecule has 11 heteroatoms. The van der Waals surface area contributed by atoms with Gasteiger partial charge in [-0.25, -0.2) is 24.1 Å². The van der Waals surface area contributed by atoms with Crippen molar-refractivity contribution in [2.75, 3.05) is 18.0 Å². The Balaban J connectivity index is 1.33. The van der Waals surface area contributed by atoms with Crippen molar-refractivity contribution in [1.82, 2.24) is 19.9 Å². The van der Waals surface area contributed by atoms with Gasteiger partial charge in [0, 0.05) is 23.5 Å². The van der Waals surface area contributed by atoms with E-state index >= 15 is 0 Å². The van der Waals surface area contributed by atoms with Crippen LogP contribution >= 0.6 is 0 Å². The molecule has 0 radical (unpaired) electrons. The van der Waals surface area contributed by atoms with Crippen LogP contribution < -0.4 is 4.90 Å². The number of hydrogen-bond acceptors (Lipinski definition) is 5. The molecule has 1 fully saturated rings. The lowest BCUT2D eigenvalue weighted by atomic mass is 9.97. The number of imidazole rings is 1. The predicted molar refractivity (Wildman–Crippen MR) is 111 cm³/mol. The molecule has 168 valence electrons. The van der Waals surface area contributed by atoms with E-state index in [1.807, 2.05) is 0 Å². The van der Waals surface area contributed by atoms with Crippen LogP contribution in [0.4, 0.5) is 23.5 Å². The number of anilines is 1. The van der Waals surface area contributed by atoms with Crippen LogP contribution in [0.25, 0.3) is 33.5 Å². The van der Waals surface area contributed by atoms with Crippen molar-refractivity contribution in [3.05, 3.63) is 60.4 Å². The Kier molecular flexibility index (Phi) is 4.59. The number of H-pyrrole nitrogens is 1. The van der Waals surface area contributed by atoms with Gasteiger partial charge >= 0.3 is 12.1 Å². The van der Waals surface area contributed by atoms with Crippen molar-refractivity contribution in [3.8, 4) is 22.5 Å².